The van der Waals surface area contributed by atoms with Gasteiger partial charge in [-0.15, -0.1) is 0 Å². The molecular weight excluding hydrogens is 394 g/mol. The average Bonchev–Trinajstić information content (AvgIpc) is 3.47. The molecule has 2 unspecified atom stereocenters. The predicted molar refractivity (Wildman–Crippen MR) is 117 cm³/mol. The molecule has 0 spiro atoms. The molecule has 2 aromatic rings. The molecule has 0 bridgehead atoms. The van der Waals surface area contributed by atoms with Crippen molar-refractivity contribution in [1.82, 2.24) is 15.5 Å². The number of nitrogens with one attached hydrogen (secondary N) is 1. The molecule has 10 heteroatoms. The van der Waals surface area contributed by atoms with Crippen molar-refractivity contribution < 1.29 is 19.3 Å². The van der Waals surface area contributed by atoms with Crippen LogP contribution in [-0.2, 0) is 15.4 Å². The number of aliphatic hydroxyl groups is 1. The number of carbonyl (C=O) groups is 1. The Balaban J connectivity index is 1.61. The highest BCUT2D eigenvalue weighted by molar-refractivity contribution is 6.97. The molecule has 0 aliphatic carbocycles. The molecule has 0 saturated carbocycles. The van der Waals surface area contributed by atoms with Crippen LogP contribution in [0.4, 0.5) is 0 Å². The molecule has 1 aromatic carbocycles. The molecule has 2 aliphatic heterocycles. The normalized spacial score (nSPS) is 26.6. The van der Waals surface area contributed by atoms with Gasteiger partial charge in [-0.1, -0.05) is 49.3 Å². The molecule has 1 aromatic heterocycles. The van der Waals surface area contributed by atoms with Gasteiger partial charge in [0.1, 0.15) is 24.7 Å². The van der Waals surface area contributed by atoms with E-state index in [0.29, 0.717) is 23.6 Å². The summed E-state index contributed by atoms with van der Waals surface area (Å²) in [4.78, 5) is 25.8. The summed E-state index contributed by atoms with van der Waals surface area (Å²) in [5.41, 5.74) is 3.35. The molecular formula is C21H25B2N4O4. The third-order valence-electron chi connectivity index (χ3n) is 5.83. The number of aliphatic hydroxyl groups excluding tert-OH is 1. The Labute approximate surface area is 183 Å². The van der Waals surface area contributed by atoms with Gasteiger partial charge in [-0.3, -0.25) is 4.79 Å². The Bertz CT molecular complexity index is 967. The van der Waals surface area contributed by atoms with E-state index in [-0.39, 0.29) is 18.4 Å². The van der Waals surface area contributed by atoms with Gasteiger partial charge in [0, 0.05) is 31.9 Å². The van der Waals surface area contributed by atoms with Gasteiger partial charge in [0.25, 0.3) is 0 Å². The molecule has 2 aliphatic rings. The largest absolute Gasteiger partial charge is 0.391 e. The Kier molecular flexibility index (Phi) is 5.94. The third kappa shape index (κ3) is 4.14. The van der Waals surface area contributed by atoms with Gasteiger partial charge in [-0.05, 0) is 18.9 Å². The van der Waals surface area contributed by atoms with Crippen LogP contribution in [0.1, 0.15) is 44.4 Å². The Hall–Kier alpha value is -2.58. The van der Waals surface area contributed by atoms with Crippen molar-refractivity contribution >= 4 is 32.2 Å². The van der Waals surface area contributed by atoms with E-state index >= 15 is 0 Å². The number of hydroxylamine groups is 1. The Morgan fingerprint density at radius 1 is 1.39 bits per heavy atom. The molecule has 3 heterocycles. The molecule has 31 heavy (non-hydrogen) atoms. The zero-order chi connectivity index (χ0) is 22.2. The standard InChI is InChI=1S/C21H25B2N4O4/c1-12(2)18(16-10-17(23-22)25-30-16)20(29)27-11-14(28)9-15(27)19-24-21(3,31-26-19)13-7-5-4-6-8-13/h4-8,10,12,14-15,18,28H,9,11H2,1-3H3,(H,24,26)/t14-,15+,18?,21?/m1/s1. The lowest BCUT2D eigenvalue weighted by atomic mass is 9.53. The van der Waals surface area contributed by atoms with E-state index < -0.39 is 23.8 Å². The third-order valence-corrected chi connectivity index (χ3v) is 5.83. The van der Waals surface area contributed by atoms with Crippen molar-refractivity contribution in [2.45, 2.75) is 51.0 Å². The van der Waals surface area contributed by atoms with E-state index in [0.717, 1.165) is 5.56 Å². The number of aliphatic imine (C=N–C) groups is 1. The second kappa shape index (κ2) is 8.51. The van der Waals surface area contributed by atoms with Crippen LogP contribution in [0, 0.1) is 5.92 Å². The van der Waals surface area contributed by atoms with Gasteiger partial charge in [-0.2, -0.15) is 0 Å². The summed E-state index contributed by atoms with van der Waals surface area (Å²) < 4.78 is 5.40. The lowest BCUT2D eigenvalue weighted by Crippen LogP contribution is -2.46. The topological polar surface area (TPSA) is 100 Å². The molecule has 1 saturated heterocycles. The summed E-state index contributed by atoms with van der Waals surface area (Å²) in [6.07, 6.45) is -0.285. The maximum absolute atomic E-state index is 13.6. The van der Waals surface area contributed by atoms with E-state index in [9.17, 15) is 9.90 Å². The second-order valence-corrected chi connectivity index (χ2v) is 8.49. The number of β-amino-alcohol motifs (C(OH)–C–C–N with tert-alkyl or cyclic N) is 1. The number of carbonyl (C=O) groups excluding carboxylic acids is 1. The lowest BCUT2D eigenvalue weighted by Gasteiger charge is -2.29. The van der Waals surface area contributed by atoms with E-state index in [2.05, 4.69) is 10.6 Å². The first-order chi connectivity index (χ1) is 14.8. The minimum Gasteiger partial charge on any atom is -0.391 e. The van der Waals surface area contributed by atoms with Gasteiger partial charge >= 0.3 is 0 Å². The maximum atomic E-state index is 13.6. The highest BCUT2D eigenvalue weighted by Crippen LogP contribution is 2.34. The van der Waals surface area contributed by atoms with E-state index in [1.165, 1.54) is 7.17 Å². The van der Waals surface area contributed by atoms with Crippen LogP contribution in [0.25, 0.3) is 0 Å². The smallest absolute Gasteiger partial charge is 0.234 e. The van der Waals surface area contributed by atoms with Gasteiger partial charge < -0.3 is 14.5 Å². The van der Waals surface area contributed by atoms with Crippen LogP contribution in [0.3, 0.4) is 0 Å². The molecule has 4 atom stereocenters. The number of hydrogen-bond acceptors (Lipinski definition) is 7. The molecule has 1 fully saturated rings. The van der Waals surface area contributed by atoms with E-state index in [1.807, 2.05) is 51.1 Å². The first-order valence-electron chi connectivity index (χ1n) is 10.4. The predicted octanol–water partition coefficient (Wildman–Crippen LogP) is 0.595. The second-order valence-electron chi connectivity index (χ2n) is 8.49. The number of benzene rings is 1. The minimum atomic E-state index is -0.910. The van der Waals surface area contributed by atoms with Crippen molar-refractivity contribution in [3.8, 4) is 0 Å². The SMILES string of the molecule is [B][B]c1cc(C(C(=O)N2C[C@H](O)C[C@H]2C2=NC(C)(c3ccccc3)ON2)C(C)C)on1. The Morgan fingerprint density at radius 3 is 2.77 bits per heavy atom. The zero-order valence-corrected chi connectivity index (χ0v) is 17.9. The van der Waals surface area contributed by atoms with E-state index in [4.69, 9.17) is 22.1 Å². The fourth-order valence-corrected chi connectivity index (χ4v) is 4.20. The van der Waals surface area contributed by atoms with Crippen LogP contribution in [0.2, 0.25) is 0 Å². The number of likely N-dealkylation sites (tertiary alicyclic amines) is 1. The van der Waals surface area contributed by atoms with Crippen LogP contribution in [0.5, 0.6) is 0 Å². The average molecular weight is 419 g/mol. The number of amides is 1. The summed E-state index contributed by atoms with van der Waals surface area (Å²) in [5.74, 6) is 0.205. The number of amidine groups is 1. The van der Waals surface area contributed by atoms with Gasteiger partial charge in [-0.25, -0.2) is 15.3 Å². The first kappa shape index (κ1) is 21.6. The monoisotopic (exact) mass is 419 g/mol. The highest BCUT2D eigenvalue weighted by Gasteiger charge is 2.45. The fraction of sp³-hybridized carbons (Fsp3) is 0.476. The summed E-state index contributed by atoms with van der Waals surface area (Å²) in [6.45, 7) is 5.95. The van der Waals surface area contributed by atoms with Crippen LogP contribution >= 0.6 is 0 Å². The van der Waals surface area contributed by atoms with Crippen molar-refractivity contribution in [3.63, 3.8) is 0 Å². The zero-order valence-electron chi connectivity index (χ0n) is 17.9. The molecule has 3 radical (unpaired) electrons. The molecule has 159 valence electrons. The van der Waals surface area contributed by atoms with Crippen molar-refractivity contribution in [2.75, 3.05) is 6.54 Å². The quantitative estimate of drug-likeness (QED) is 0.666. The van der Waals surface area contributed by atoms with Crippen molar-refractivity contribution in [2.24, 2.45) is 10.9 Å². The van der Waals surface area contributed by atoms with Gasteiger partial charge in [0.15, 0.2) is 0 Å². The number of rotatable bonds is 6. The molecule has 4 rings (SSSR count). The molecule has 1 amide bonds. The van der Waals surface area contributed by atoms with E-state index in [1.54, 1.807) is 11.0 Å². The number of nitrogens with zero attached hydrogens (tertiary/aromatic N) is 3. The summed E-state index contributed by atoms with van der Waals surface area (Å²) in [6, 6.07) is 10.9. The molecule has 8 nitrogen and oxygen atoms in total. The number of hydrogen-bond donors (Lipinski definition) is 2. The first-order valence-corrected chi connectivity index (χ1v) is 10.4. The van der Waals surface area contributed by atoms with Crippen LogP contribution < -0.4 is 11.1 Å². The van der Waals surface area contributed by atoms with Crippen LogP contribution in [0.15, 0.2) is 45.9 Å². The summed E-state index contributed by atoms with van der Waals surface area (Å²) in [7, 11) is 6.85. The lowest BCUT2D eigenvalue weighted by molar-refractivity contribution is -0.134. The number of aromatic nitrogens is 1. The van der Waals surface area contributed by atoms with Crippen molar-refractivity contribution in [1.29, 1.82) is 0 Å². The minimum absolute atomic E-state index is 0.0474. The van der Waals surface area contributed by atoms with Gasteiger partial charge in [0.05, 0.1) is 12.1 Å². The van der Waals surface area contributed by atoms with Crippen molar-refractivity contribution in [3.05, 3.63) is 47.7 Å². The highest BCUT2D eigenvalue weighted by atomic mass is 16.7. The summed E-state index contributed by atoms with van der Waals surface area (Å²) >= 11 is 0. The van der Waals surface area contributed by atoms with Gasteiger partial charge in [0.2, 0.25) is 11.6 Å². The molecule has 2 N–H and O–H groups in total. The summed E-state index contributed by atoms with van der Waals surface area (Å²) in [5, 5.41) is 14.3. The van der Waals surface area contributed by atoms with Crippen LogP contribution in [-0.4, -0.2) is 60.5 Å². The fourth-order valence-electron chi connectivity index (χ4n) is 4.20. The Morgan fingerprint density at radius 2 is 2.13 bits per heavy atom. The maximum Gasteiger partial charge on any atom is 0.234 e.